The molecule has 2 rings (SSSR count). The van der Waals surface area contributed by atoms with E-state index < -0.39 is 18.0 Å². The molecule has 6 nitrogen and oxygen atoms in total. The van der Waals surface area contributed by atoms with Gasteiger partial charge in [0.25, 0.3) is 5.91 Å². The summed E-state index contributed by atoms with van der Waals surface area (Å²) in [7, 11) is 0. The molecule has 1 N–H and O–H groups in total. The number of nitrogens with one attached hydrogen (secondary N) is 1. The lowest BCUT2D eigenvalue weighted by Gasteiger charge is -2.13. The Morgan fingerprint density at radius 2 is 1.83 bits per heavy atom. The molecule has 1 aromatic carbocycles. The van der Waals surface area contributed by atoms with E-state index in [1.54, 1.807) is 12.1 Å². The van der Waals surface area contributed by atoms with Gasteiger partial charge < -0.3 is 15.3 Å². The molecule has 0 aliphatic carbocycles. The van der Waals surface area contributed by atoms with Gasteiger partial charge in [-0.1, -0.05) is 12.1 Å². The molecule has 1 atom stereocenters. The molecule has 0 radical (unpaired) electrons. The number of benzene rings is 1. The van der Waals surface area contributed by atoms with Gasteiger partial charge >= 0.3 is 5.97 Å². The van der Waals surface area contributed by atoms with Crippen LogP contribution in [-0.4, -0.2) is 24.5 Å². The van der Waals surface area contributed by atoms with Crippen LogP contribution in [-0.2, 0) is 16.0 Å². The summed E-state index contributed by atoms with van der Waals surface area (Å²) in [6, 6.07) is 8.62. The molecule has 1 heterocycles. The molecule has 0 saturated carbocycles. The van der Waals surface area contributed by atoms with E-state index in [-0.39, 0.29) is 11.4 Å². The number of nitrogens with zero attached hydrogens (tertiary/aromatic N) is 1. The summed E-state index contributed by atoms with van der Waals surface area (Å²) in [5.74, 6) is -1.43. The smallest absolute Gasteiger partial charge is 0.339 e. The summed E-state index contributed by atoms with van der Waals surface area (Å²) in [6.07, 6.45) is 1.91. The number of ether oxygens (including phenoxy) is 1. The highest BCUT2D eigenvalue weighted by Crippen LogP contribution is 2.04. The number of hydrogen-bond donors (Lipinski definition) is 1. The van der Waals surface area contributed by atoms with E-state index in [0.29, 0.717) is 17.7 Å². The van der Waals surface area contributed by atoms with Crippen molar-refractivity contribution in [2.24, 2.45) is 0 Å². The molecule has 2 aromatic rings. The van der Waals surface area contributed by atoms with E-state index in [2.05, 4.69) is 5.32 Å². The largest absolute Gasteiger partial charge is 0.619 e. The monoisotopic (exact) mass is 332 g/mol. The lowest BCUT2D eigenvalue weighted by atomic mass is 10.1. The maximum absolute atomic E-state index is 12.8. The van der Waals surface area contributed by atoms with E-state index in [9.17, 15) is 19.2 Å². The maximum atomic E-state index is 12.8. The highest BCUT2D eigenvalue weighted by Gasteiger charge is 2.18. The van der Waals surface area contributed by atoms with Crippen LogP contribution in [0.5, 0.6) is 0 Å². The molecular weight excluding hydrogens is 315 g/mol. The van der Waals surface area contributed by atoms with Crippen LogP contribution >= 0.6 is 0 Å². The predicted octanol–water partition coefficient (Wildman–Crippen LogP) is 1.36. The van der Waals surface area contributed by atoms with Crippen molar-refractivity contribution in [3.8, 4) is 0 Å². The summed E-state index contributed by atoms with van der Waals surface area (Å²) in [5, 5.41) is 13.6. The van der Waals surface area contributed by atoms with Crippen molar-refractivity contribution in [2.45, 2.75) is 19.4 Å². The Morgan fingerprint density at radius 1 is 1.21 bits per heavy atom. The molecule has 1 amide bonds. The molecule has 0 bridgehead atoms. The Kier molecular flexibility index (Phi) is 5.83. The topological polar surface area (TPSA) is 82.3 Å². The van der Waals surface area contributed by atoms with Crippen LogP contribution in [0.25, 0.3) is 0 Å². The number of carbonyl (C=O) groups is 2. The first-order chi connectivity index (χ1) is 11.5. The number of pyridine rings is 1. The number of rotatable bonds is 6. The predicted molar refractivity (Wildman–Crippen MR) is 83.4 cm³/mol. The first kappa shape index (κ1) is 17.4. The lowest BCUT2D eigenvalue weighted by molar-refractivity contribution is -0.605. The molecule has 0 saturated heterocycles. The van der Waals surface area contributed by atoms with E-state index in [1.165, 1.54) is 43.6 Å². The summed E-state index contributed by atoms with van der Waals surface area (Å²) >= 11 is 0. The second-order valence-electron chi connectivity index (χ2n) is 5.16. The summed E-state index contributed by atoms with van der Waals surface area (Å²) < 4.78 is 18.4. The van der Waals surface area contributed by atoms with Gasteiger partial charge in [0.1, 0.15) is 5.82 Å². The summed E-state index contributed by atoms with van der Waals surface area (Å²) in [6.45, 7) is 1.80. The number of esters is 1. The van der Waals surface area contributed by atoms with Crippen LogP contribution in [0.15, 0.2) is 48.8 Å². The molecule has 0 spiro atoms. The molecule has 0 fully saturated rings. The third-order valence-electron chi connectivity index (χ3n) is 3.32. The normalized spacial score (nSPS) is 11.6. The van der Waals surface area contributed by atoms with Crippen LogP contribution in [0.2, 0.25) is 0 Å². The van der Waals surface area contributed by atoms with Crippen LogP contribution in [0, 0.1) is 11.0 Å². The Labute approximate surface area is 138 Å². The number of amides is 1. The van der Waals surface area contributed by atoms with Crippen molar-refractivity contribution in [1.29, 1.82) is 0 Å². The van der Waals surface area contributed by atoms with Crippen molar-refractivity contribution >= 4 is 11.9 Å². The van der Waals surface area contributed by atoms with Crippen LogP contribution in [0.3, 0.4) is 0 Å². The molecular formula is C17H17FN2O4. The first-order valence-corrected chi connectivity index (χ1v) is 7.37. The average Bonchev–Trinajstić information content (AvgIpc) is 2.57. The third-order valence-corrected chi connectivity index (χ3v) is 3.32. The van der Waals surface area contributed by atoms with Crippen molar-refractivity contribution in [3.05, 3.63) is 70.9 Å². The van der Waals surface area contributed by atoms with Crippen LogP contribution in [0.4, 0.5) is 4.39 Å². The zero-order valence-electron chi connectivity index (χ0n) is 13.1. The van der Waals surface area contributed by atoms with Gasteiger partial charge in [0.05, 0.1) is 5.56 Å². The molecule has 0 aliphatic heterocycles. The Balaban J connectivity index is 1.78. The second kappa shape index (κ2) is 8.05. The van der Waals surface area contributed by atoms with Gasteiger partial charge in [0.15, 0.2) is 18.5 Å². The maximum Gasteiger partial charge on any atom is 0.339 e. The Bertz CT molecular complexity index is 702. The van der Waals surface area contributed by atoms with Gasteiger partial charge in [-0.2, -0.15) is 4.73 Å². The zero-order valence-corrected chi connectivity index (χ0v) is 13.1. The molecule has 7 heteroatoms. The van der Waals surface area contributed by atoms with Gasteiger partial charge in [0.2, 0.25) is 0 Å². The molecule has 0 aliphatic rings. The minimum absolute atomic E-state index is 0.188. The number of halogens is 1. The van der Waals surface area contributed by atoms with E-state index >= 15 is 0 Å². The van der Waals surface area contributed by atoms with Gasteiger partial charge in [-0.15, -0.1) is 0 Å². The number of hydrogen-bond acceptors (Lipinski definition) is 4. The quantitative estimate of drug-likeness (QED) is 0.492. The van der Waals surface area contributed by atoms with Gasteiger partial charge in [-0.25, -0.2) is 9.18 Å². The summed E-state index contributed by atoms with van der Waals surface area (Å²) in [5.41, 5.74) is 1.07. The highest BCUT2D eigenvalue weighted by atomic mass is 19.1. The Hall–Kier alpha value is -2.96. The fraction of sp³-hybridized carbons (Fsp3) is 0.235. The molecule has 24 heavy (non-hydrogen) atoms. The fourth-order valence-corrected chi connectivity index (χ4v) is 1.96. The third kappa shape index (κ3) is 5.05. The van der Waals surface area contributed by atoms with Crippen molar-refractivity contribution < 1.29 is 23.4 Å². The van der Waals surface area contributed by atoms with E-state index in [4.69, 9.17) is 4.74 Å². The molecule has 126 valence electrons. The van der Waals surface area contributed by atoms with Crippen LogP contribution in [0.1, 0.15) is 22.8 Å². The van der Waals surface area contributed by atoms with Gasteiger partial charge in [0, 0.05) is 18.7 Å². The molecule has 1 aromatic heterocycles. The van der Waals surface area contributed by atoms with E-state index in [0.717, 1.165) is 5.56 Å². The lowest BCUT2D eigenvalue weighted by Crippen LogP contribution is -2.37. The van der Waals surface area contributed by atoms with Crippen molar-refractivity contribution in [1.82, 2.24) is 5.32 Å². The Morgan fingerprint density at radius 3 is 2.46 bits per heavy atom. The van der Waals surface area contributed by atoms with Crippen molar-refractivity contribution in [3.63, 3.8) is 0 Å². The number of aromatic nitrogens is 1. The fourth-order valence-electron chi connectivity index (χ4n) is 1.96. The SMILES string of the molecule is C[C@@H](OC(=O)c1cc[n+]([O-])cc1)C(=O)NCCc1ccc(F)cc1. The first-order valence-electron chi connectivity index (χ1n) is 7.37. The minimum Gasteiger partial charge on any atom is -0.619 e. The minimum atomic E-state index is -0.967. The zero-order chi connectivity index (χ0) is 17.5. The number of carbonyl (C=O) groups excluding carboxylic acids is 2. The second-order valence-corrected chi connectivity index (χ2v) is 5.16. The van der Waals surface area contributed by atoms with Crippen LogP contribution < -0.4 is 10.0 Å². The van der Waals surface area contributed by atoms with Gasteiger partial charge in [-0.05, 0) is 31.0 Å². The average molecular weight is 332 g/mol. The molecule has 0 unspecified atom stereocenters. The van der Waals surface area contributed by atoms with Gasteiger partial charge in [-0.3, -0.25) is 4.79 Å². The highest BCUT2D eigenvalue weighted by molar-refractivity contribution is 5.91. The van der Waals surface area contributed by atoms with Crippen molar-refractivity contribution in [2.75, 3.05) is 6.54 Å². The standard InChI is InChI=1S/C17H17FN2O4/c1-12(24-17(22)14-7-10-20(23)11-8-14)16(21)19-9-6-13-2-4-15(18)5-3-13/h2-5,7-8,10-12H,6,9H2,1H3,(H,19,21)/t12-/m1/s1. The van der Waals surface area contributed by atoms with E-state index in [1.807, 2.05) is 0 Å². The summed E-state index contributed by atoms with van der Waals surface area (Å²) in [4.78, 5) is 23.8.